The highest BCUT2D eigenvalue weighted by Crippen LogP contribution is 2.17. The minimum atomic E-state index is 0.0474. The zero-order chi connectivity index (χ0) is 14.0. The van der Waals surface area contributed by atoms with Crippen molar-refractivity contribution in [3.63, 3.8) is 0 Å². The van der Waals surface area contributed by atoms with Gasteiger partial charge in [0.1, 0.15) is 5.69 Å². The lowest BCUT2D eigenvalue weighted by Gasteiger charge is -2.43. The molecule has 2 rings (SSSR count). The minimum absolute atomic E-state index is 0.0474. The number of nitrogens with zero attached hydrogens (tertiary/aromatic N) is 3. The molecule has 0 spiro atoms. The van der Waals surface area contributed by atoms with Gasteiger partial charge in [-0.1, -0.05) is 6.92 Å². The van der Waals surface area contributed by atoms with E-state index in [4.69, 9.17) is 0 Å². The third-order valence-corrected chi connectivity index (χ3v) is 3.88. The summed E-state index contributed by atoms with van der Waals surface area (Å²) in [5.74, 6) is 0.0474. The van der Waals surface area contributed by atoms with Crippen LogP contribution in [0, 0.1) is 6.92 Å². The molecule has 19 heavy (non-hydrogen) atoms. The first-order valence-corrected chi connectivity index (χ1v) is 7.10. The van der Waals surface area contributed by atoms with E-state index in [9.17, 15) is 4.79 Å². The van der Waals surface area contributed by atoms with Crippen LogP contribution >= 0.6 is 0 Å². The van der Waals surface area contributed by atoms with Gasteiger partial charge in [-0.15, -0.1) is 0 Å². The monoisotopic (exact) mass is 264 g/mol. The number of aromatic nitrogens is 2. The van der Waals surface area contributed by atoms with Crippen molar-refractivity contribution in [1.29, 1.82) is 0 Å². The topological polar surface area (TPSA) is 52.2 Å². The van der Waals surface area contributed by atoms with E-state index >= 15 is 0 Å². The maximum Gasteiger partial charge on any atom is 0.274 e. The Labute approximate surface area is 115 Å². The molecule has 1 fully saturated rings. The van der Waals surface area contributed by atoms with Crippen molar-refractivity contribution < 1.29 is 4.79 Å². The molecular formula is C14H24N4O. The van der Waals surface area contributed by atoms with Crippen LogP contribution < -0.4 is 0 Å². The first-order valence-electron chi connectivity index (χ1n) is 7.10. The summed E-state index contributed by atoms with van der Waals surface area (Å²) in [7, 11) is 0. The standard InChI is InChI=1S/C14H24N4O/c1-5-12-9-17(6-7-18(12)10(2)3)14(19)13-8-11(4)15-16-13/h8,10,12H,5-7,9H2,1-4H3,(H,15,16). The summed E-state index contributed by atoms with van der Waals surface area (Å²) < 4.78 is 0. The van der Waals surface area contributed by atoms with E-state index in [2.05, 4.69) is 35.9 Å². The fraction of sp³-hybridized carbons (Fsp3) is 0.714. The lowest BCUT2D eigenvalue weighted by atomic mass is 10.1. The normalized spacial score (nSPS) is 21.1. The van der Waals surface area contributed by atoms with Crippen LogP contribution in [0.3, 0.4) is 0 Å². The molecule has 1 saturated heterocycles. The smallest absolute Gasteiger partial charge is 0.274 e. The van der Waals surface area contributed by atoms with Crippen molar-refractivity contribution >= 4 is 5.91 Å². The molecule has 1 aromatic rings. The van der Waals surface area contributed by atoms with Crippen molar-refractivity contribution in [3.05, 3.63) is 17.5 Å². The minimum Gasteiger partial charge on any atom is -0.334 e. The Kier molecular flexibility index (Phi) is 4.24. The Hall–Kier alpha value is -1.36. The molecule has 0 aromatic carbocycles. The summed E-state index contributed by atoms with van der Waals surface area (Å²) in [6, 6.07) is 2.81. The molecule has 5 heteroatoms. The molecule has 2 heterocycles. The summed E-state index contributed by atoms with van der Waals surface area (Å²) in [6.45, 7) is 11.1. The highest BCUT2D eigenvalue weighted by molar-refractivity contribution is 5.92. The van der Waals surface area contributed by atoms with E-state index in [-0.39, 0.29) is 5.91 Å². The number of carbonyl (C=O) groups excluding carboxylic acids is 1. The van der Waals surface area contributed by atoms with E-state index in [1.54, 1.807) is 0 Å². The first-order chi connectivity index (χ1) is 9.02. The second-order valence-electron chi connectivity index (χ2n) is 5.58. The van der Waals surface area contributed by atoms with Crippen LogP contribution in [0.1, 0.15) is 43.4 Å². The van der Waals surface area contributed by atoms with Gasteiger partial charge in [0.15, 0.2) is 0 Å². The number of rotatable bonds is 3. The van der Waals surface area contributed by atoms with E-state index < -0.39 is 0 Å². The number of hydrogen-bond donors (Lipinski definition) is 1. The van der Waals surface area contributed by atoms with Gasteiger partial charge in [0, 0.05) is 37.4 Å². The van der Waals surface area contributed by atoms with Gasteiger partial charge in [-0.25, -0.2) is 0 Å². The Bertz CT molecular complexity index is 440. The van der Waals surface area contributed by atoms with Gasteiger partial charge in [-0.05, 0) is 33.3 Å². The van der Waals surface area contributed by atoms with Gasteiger partial charge in [0.05, 0.1) is 0 Å². The zero-order valence-corrected chi connectivity index (χ0v) is 12.3. The van der Waals surface area contributed by atoms with E-state index in [0.29, 0.717) is 17.8 Å². The first kappa shape index (κ1) is 14.1. The summed E-state index contributed by atoms with van der Waals surface area (Å²) in [4.78, 5) is 16.8. The van der Waals surface area contributed by atoms with E-state index in [0.717, 1.165) is 31.7 Å². The number of piperazine rings is 1. The fourth-order valence-electron chi connectivity index (χ4n) is 2.79. The van der Waals surface area contributed by atoms with Crippen molar-refractivity contribution in [2.24, 2.45) is 0 Å². The van der Waals surface area contributed by atoms with Crippen LogP contribution in [0.4, 0.5) is 0 Å². The maximum absolute atomic E-state index is 12.4. The summed E-state index contributed by atoms with van der Waals surface area (Å²) in [5, 5.41) is 6.90. The number of amides is 1. The number of nitrogens with one attached hydrogen (secondary N) is 1. The molecule has 1 aromatic heterocycles. The van der Waals surface area contributed by atoms with Gasteiger partial charge >= 0.3 is 0 Å². The Balaban J connectivity index is 2.05. The van der Waals surface area contributed by atoms with Crippen LogP contribution in [0.15, 0.2) is 6.07 Å². The van der Waals surface area contributed by atoms with Crippen molar-refractivity contribution in [2.75, 3.05) is 19.6 Å². The Morgan fingerprint density at radius 3 is 2.79 bits per heavy atom. The third-order valence-electron chi connectivity index (χ3n) is 3.88. The molecule has 1 aliphatic rings. The van der Waals surface area contributed by atoms with Crippen LogP contribution in [0.5, 0.6) is 0 Å². The molecule has 0 aliphatic carbocycles. The van der Waals surface area contributed by atoms with Gasteiger partial charge in [-0.2, -0.15) is 5.10 Å². The summed E-state index contributed by atoms with van der Waals surface area (Å²) in [5.41, 5.74) is 1.46. The number of carbonyl (C=O) groups is 1. The second kappa shape index (κ2) is 5.74. The molecule has 106 valence electrons. The number of H-pyrrole nitrogens is 1. The average molecular weight is 264 g/mol. The Morgan fingerprint density at radius 2 is 2.26 bits per heavy atom. The molecule has 1 aliphatic heterocycles. The molecule has 5 nitrogen and oxygen atoms in total. The predicted molar refractivity (Wildman–Crippen MR) is 75.1 cm³/mol. The lowest BCUT2D eigenvalue weighted by molar-refractivity contribution is 0.0367. The van der Waals surface area contributed by atoms with Gasteiger partial charge in [-0.3, -0.25) is 14.8 Å². The number of aromatic amines is 1. The average Bonchev–Trinajstić information content (AvgIpc) is 2.83. The highest BCUT2D eigenvalue weighted by Gasteiger charge is 2.30. The second-order valence-corrected chi connectivity index (χ2v) is 5.58. The molecule has 1 atom stereocenters. The van der Waals surface area contributed by atoms with Crippen LogP contribution in [-0.4, -0.2) is 57.6 Å². The number of hydrogen-bond acceptors (Lipinski definition) is 3. The highest BCUT2D eigenvalue weighted by atomic mass is 16.2. The Morgan fingerprint density at radius 1 is 1.53 bits per heavy atom. The molecule has 0 bridgehead atoms. The lowest BCUT2D eigenvalue weighted by Crippen LogP contribution is -2.56. The third kappa shape index (κ3) is 2.97. The predicted octanol–water partition coefficient (Wildman–Crippen LogP) is 1.66. The van der Waals surface area contributed by atoms with E-state index in [1.165, 1.54) is 0 Å². The fourth-order valence-corrected chi connectivity index (χ4v) is 2.79. The molecule has 1 N–H and O–H groups in total. The van der Waals surface area contributed by atoms with Gasteiger partial charge in [0.25, 0.3) is 5.91 Å². The quantitative estimate of drug-likeness (QED) is 0.903. The van der Waals surface area contributed by atoms with Crippen molar-refractivity contribution in [3.8, 4) is 0 Å². The van der Waals surface area contributed by atoms with Gasteiger partial charge < -0.3 is 4.90 Å². The van der Waals surface area contributed by atoms with Crippen LogP contribution in [-0.2, 0) is 0 Å². The molecule has 1 unspecified atom stereocenters. The van der Waals surface area contributed by atoms with Gasteiger partial charge in [0.2, 0.25) is 0 Å². The SMILES string of the molecule is CCC1CN(C(=O)c2cc(C)[nH]n2)CCN1C(C)C. The molecule has 0 radical (unpaired) electrons. The van der Waals surface area contributed by atoms with Crippen molar-refractivity contribution in [2.45, 2.75) is 46.2 Å². The molecular weight excluding hydrogens is 240 g/mol. The van der Waals surface area contributed by atoms with E-state index in [1.807, 2.05) is 17.9 Å². The molecule has 0 saturated carbocycles. The summed E-state index contributed by atoms with van der Waals surface area (Å²) >= 11 is 0. The van der Waals surface area contributed by atoms with Crippen LogP contribution in [0.25, 0.3) is 0 Å². The number of aryl methyl sites for hydroxylation is 1. The van der Waals surface area contributed by atoms with Crippen molar-refractivity contribution in [1.82, 2.24) is 20.0 Å². The molecule has 1 amide bonds. The van der Waals surface area contributed by atoms with Crippen LogP contribution in [0.2, 0.25) is 0 Å². The zero-order valence-electron chi connectivity index (χ0n) is 12.3. The summed E-state index contributed by atoms with van der Waals surface area (Å²) in [6.07, 6.45) is 1.07. The maximum atomic E-state index is 12.4. The largest absolute Gasteiger partial charge is 0.334 e.